The molecular weight excluding hydrogens is 115 g/mol. The van der Waals surface area contributed by atoms with Crippen molar-refractivity contribution in [1.29, 1.82) is 0 Å². The normalized spacial score (nSPS) is 24.0. The van der Waals surface area contributed by atoms with Crippen molar-refractivity contribution in [2.45, 2.75) is 32.1 Å². The fourth-order valence-corrected chi connectivity index (χ4v) is 2.21. The van der Waals surface area contributed by atoms with E-state index in [0.717, 1.165) is 0 Å². The first kappa shape index (κ1) is 6.55. The summed E-state index contributed by atoms with van der Waals surface area (Å²) < 4.78 is 0. The van der Waals surface area contributed by atoms with Gasteiger partial charge in [-0.3, -0.25) is 0 Å². The Bertz CT molecular complexity index is 28.3. The number of hydrogen-bond donors (Lipinski definition) is 0. The molecule has 0 N–H and O–H groups in total. The van der Waals surface area contributed by atoms with Crippen molar-refractivity contribution >= 4 is 8.58 Å². The van der Waals surface area contributed by atoms with Crippen LogP contribution in [0.25, 0.3) is 0 Å². The molecule has 0 atom stereocenters. The third-order valence-corrected chi connectivity index (χ3v) is 2.90. The summed E-state index contributed by atoms with van der Waals surface area (Å²) in [5.74, 6) is 0. The van der Waals surface area contributed by atoms with E-state index in [2.05, 4.69) is 0 Å². The van der Waals surface area contributed by atoms with Crippen LogP contribution < -0.4 is 0 Å². The largest absolute Gasteiger partial charge is 0.0810 e. The van der Waals surface area contributed by atoms with Gasteiger partial charge in [-0.2, -0.15) is 0 Å². The maximum atomic E-state index is 1.71. The van der Waals surface area contributed by atoms with Crippen LogP contribution in [0.15, 0.2) is 0 Å². The average molecular weight is 129 g/mol. The minimum absolute atomic E-state index is 1.47. The maximum Gasteiger partial charge on any atom is -0.0287 e. The lowest BCUT2D eigenvalue weighted by Gasteiger charge is -2.05. The Morgan fingerprint density at radius 2 is 1.12 bits per heavy atom. The molecule has 0 aromatic rings. The minimum Gasteiger partial charge on any atom is -0.0810 e. The van der Waals surface area contributed by atoms with E-state index >= 15 is 0 Å². The Hall–Kier alpha value is 0.430. The molecule has 8 heavy (non-hydrogen) atoms. The smallest absolute Gasteiger partial charge is 0.0287 e. The van der Waals surface area contributed by atoms with Gasteiger partial charge in [0.1, 0.15) is 0 Å². The molecule has 1 saturated heterocycles. The third-order valence-electron chi connectivity index (χ3n) is 1.63. The quantitative estimate of drug-likeness (QED) is 0.441. The van der Waals surface area contributed by atoms with E-state index in [-0.39, 0.29) is 0 Å². The summed E-state index contributed by atoms with van der Waals surface area (Å²) in [6, 6.07) is 0. The zero-order valence-electron chi connectivity index (χ0n) is 5.40. The van der Waals surface area contributed by atoms with Gasteiger partial charge < -0.3 is 0 Å². The molecule has 1 aliphatic rings. The van der Waals surface area contributed by atoms with Gasteiger partial charge in [0.05, 0.1) is 0 Å². The van der Waals surface area contributed by atoms with Gasteiger partial charge in [0.15, 0.2) is 0 Å². The Morgan fingerprint density at radius 1 is 0.625 bits per heavy atom. The van der Waals surface area contributed by atoms with E-state index in [1.807, 2.05) is 0 Å². The lowest BCUT2D eigenvalue weighted by atomic mass is 10.2. The summed E-state index contributed by atoms with van der Waals surface area (Å²) >= 11 is 0. The van der Waals surface area contributed by atoms with Crippen LogP contribution in [0.3, 0.4) is 0 Å². The second-order valence-electron chi connectivity index (χ2n) is 2.44. The Morgan fingerprint density at radius 3 is 1.75 bits per heavy atom. The Balaban J connectivity index is 2.00. The fraction of sp³-hybridized carbons (Fsp3) is 1.00. The third kappa shape index (κ3) is 2.67. The monoisotopic (exact) mass is 129 g/mol. The predicted octanol–water partition coefficient (Wildman–Crippen LogP) is 2.90. The van der Waals surface area contributed by atoms with Crippen LogP contribution in [0.5, 0.6) is 0 Å². The highest BCUT2D eigenvalue weighted by molar-refractivity contribution is 7.37. The topological polar surface area (TPSA) is 0 Å². The first-order valence-electron chi connectivity index (χ1n) is 3.63. The molecule has 1 radical (unpaired) electrons. The summed E-state index contributed by atoms with van der Waals surface area (Å²) in [5.41, 5.74) is 0. The molecule has 1 heteroatoms. The zero-order chi connectivity index (χ0) is 5.66. The molecule has 1 fully saturated rings. The molecule has 0 nitrogen and oxygen atoms in total. The predicted molar refractivity (Wildman–Crippen MR) is 39.7 cm³/mol. The molecule has 1 heterocycles. The van der Waals surface area contributed by atoms with Crippen LogP contribution in [0.2, 0.25) is 0 Å². The van der Waals surface area contributed by atoms with Crippen LogP contribution in [-0.4, -0.2) is 12.3 Å². The Kier molecular flexibility index (Phi) is 3.54. The second kappa shape index (κ2) is 4.32. The van der Waals surface area contributed by atoms with Crippen molar-refractivity contribution in [3.63, 3.8) is 0 Å². The van der Waals surface area contributed by atoms with Gasteiger partial charge >= 0.3 is 0 Å². The minimum atomic E-state index is 1.47. The van der Waals surface area contributed by atoms with Gasteiger partial charge in [-0.15, -0.1) is 0 Å². The molecule has 1 aliphatic heterocycles. The molecule has 0 bridgehead atoms. The fourth-order valence-electron chi connectivity index (χ4n) is 1.09. The summed E-state index contributed by atoms with van der Waals surface area (Å²) in [5, 5.41) is 0. The molecule has 0 amide bonds. The van der Waals surface area contributed by atoms with E-state index in [4.69, 9.17) is 0 Å². The Labute approximate surface area is 53.8 Å². The highest BCUT2D eigenvalue weighted by Gasteiger charge is 1.96. The zero-order valence-corrected chi connectivity index (χ0v) is 6.29. The van der Waals surface area contributed by atoms with Crippen molar-refractivity contribution < 1.29 is 0 Å². The highest BCUT2D eigenvalue weighted by Crippen LogP contribution is 2.20. The van der Waals surface area contributed by atoms with Gasteiger partial charge in [0.2, 0.25) is 0 Å². The van der Waals surface area contributed by atoms with E-state index in [1.165, 1.54) is 44.4 Å². The van der Waals surface area contributed by atoms with Gasteiger partial charge in [0.25, 0.3) is 0 Å². The van der Waals surface area contributed by atoms with Crippen LogP contribution >= 0.6 is 8.58 Å². The lowest BCUT2D eigenvalue weighted by Crippen LogP contribution is -1.88. The molecule has 0 aliphatic carbocycles. The van der Waals surface area contributed by atoms with Crippen molar-refractivity contribution in [3.05, 3.63) is 0 Å². The van der Waals surface area contributed by atoms with Crippen molar-refractivity contribution in [1.82, 2.24) is 0 Å². The van der Waals surface area contributed by atoms with E-state index in [9.17, 15) is 0 Å². The summed E-state index contributed by atoms with van der Waals surface area (Å²) in [6.07, 6.45) is 10.4. The summed E-state index contributed by atoms with van der Waals surface area (Å²) in [7, 11) is 1.71. The highest BCUT2D eigenvalue weighted by atomic mass is 31.1. The lowest BCUT2D eigenvalue weighted by molar-refractivity contribution is 0.651. The van der Waals surface area contributed by atoms with Crippen LogP contribution in [0.1, 0.15) is 32.1 Å². The van der Waals surface area contributed by atoms with E-state index in [0.29, 0.717) is 0 Å². The summed E-state index contributed by atoms with van der Waals surface area (Å²) in [6.45, 7) is 0. The van der Waals surface area contributed by atoms with Crippen LogP contribution in [0.4, 0.5) is 0 Å². The van der Waals surface area contributed by atoms with Crippen LogP contribution in [0, 0.1) is 0 Å². The molecule has 47 valence electrons. The molecule has 0 aromatic heterocycles. The summed E-state index contributed by atoms with van der Waals surface area (Å²) in [4.78, 5) is 0. The average Bonchev–Trinajstić information content (AvgIpc) is 1.62. The first-order chi connectivity index (χ1) is 4.00. The standard InChI is InChI=1S/C7H14P/c1-2-4-6-8-7-5-3-1/h1-7H2. The van der Waals surface area contributed by atoms with Crippen molar-refractivity contribution in [2.24, 2.45) is 0 Å². The van der Waals surface area contributed by atoms with Gasteiger partial charge in [-0.05, 0) is 25.2 Å². The molecule has 1 rings (SSSR count). The molecule has 0 saturated carbocycles. The molecular formula is C7H14P. The molecule has 0 aromatic carbocycles. The van der Waals surface area contributed by atoms with Gasteiger partial charge in [0, 0.05) is 0 Å². The van der Waals surface area contributed by atoms with E-state index in [1.54, 1.807) is 8.58 Å². The van der Waals surface area contributed by atoms with E-state index < -0.39 is 0 Å². The van der Waals surface area contributed by atoms with Crippen LogP contribution in [-0.2, 0) is 0 Å². The molecule has 0 unspecified atom stereocenters. The van der Waals surface area contributed by atoms with Crippen molar-refractivity contribution in [3.8, 4) is 0 Å². The van der Waals surface area contributed by atoms with Crippen molar-refractivity contribution in [2.75, 3.05) is 12.3 Å². The maximum absolute atomic E-state index is 1.71. The number of hydrogen-bond acceptors (Lipinski definition) is 0. The van der Waals surface area contributed by atoms with Gasteiger partial charge in [-0.1, -0.05) is 27.8 Å². The SMILES string of the molecule is C1CCC[P]CCC1. The molecule has 0 spiro atoms. The number of rotatable bonds is 0. The second-order valence-corrected chi connectivity index (χ2v) is 3.78. The first-order valence-corrected chi connectivity index (χ1v) is 4.90. The van der Waals surface area contributed by atoms with Gasteiger partial charge in [-0.25, -0.2) is 0 Å².